The van der Waals surface area contributed by atoms with E-state index in [1.165, 1.54) is 6.20 Å². The second kappa shape index (κ2) is 6.05. The molecule has 0 aliphatic carbocycles. The van der Waals surface area contributed by atoms with Crippen LogP contribution in [0.4, 0.5) is 0 Å². The highest BCUT2D eigenvalue weighted by atomic mass is 35.5. The van der Waals surface area contributed by atoms with Gasteiger partial charge >= 0.3 is 0 Å². The predicted molar refractivity (Wildman–Crippen MR) is 75.7 cm³/mol. The van der Waals surface area contributed by atoms with Crippen LogP contribution in [0.15, 0.2) is 29.0 Å². The minimum atomic E-state index is -0.344. The van der Waals surface area contributed by atoms with Gasteiger partial charge in [-0.1, -0.05) is 25.4 Å². The van der Waals surface area contributed by atoms with E-state index in [0.717, 1.165) is 0 Å². The van der Waals surface area contributed by atoms with E-state index in [-0.39, 0.29) is 28.6 Å². The molecule has 1 N–H and O–H groups in total. The van der Waals surface area contributed by atoms with Crippen LogP contribution in [0.1, 0.15) is 54.8 Å². The molecule has 6 heteroatoms. The standard InChI is InChI=1S/C14H16ClN3O2/c1-8(2)13-16-7-10(15)12(18-13)14(19)17-9(3)11-5-4-6-20-11/h4-9H,1-3H3,(H,17,19). The Hall–Kier alpha value is -1.88. The van der Waals surface area contributed by atoms with Crippen LogP contribution in [0.5, 0.6) is 0 Å². The second-order valence-electron chi connectivity index (χ2n) is 4.79. The van der Waals surface area contributed by atoms with Gasteiger partial charge in [-0.3, -0.25) is 4.79 Å². The maximum absolute atomic E-state index is 12.2. The number of carbonyl (C=O) groups excluding carboxylic acids is 1. The molecule has 1 atom stereocenters. The number of amides is 1. The Morgan fingerprint density at radius 3 is 2.75 bits per heavy atom. The Kier molecular flexibility index (Phi) is 4.39. The fourth-order valence-corrected chi connectivity index (χ4v) is 1.87. The van der Waals surface area contributed by atoms with Gasteiger partial charge in [0.15, 0.2) is 0 Å². The summed E-state index contributed by atoms with van der Waals surface area (Å²) in [6, 6.07) is 3.31. The number of aromatic nitrogens is 2. The number of nitrogens with zero attached hydrogens (tertiary/aromatic N) is 2. The Morgan fingerprint density at radius 2 is 2.15 bits per heavy atom. The highest BCUT2D eigenvalue weighted by molar-refractivity contribution is 6.33. The molecule has 0 saturated carbocycles. The van der Waals surface area contributed by atoms with Gasteiger partial charge in [0.1, 0.15) is 17.3 Å². The van der Waals surface area contributed by atoms with Crippen LogP contribution < -0.4 is 5.32 Å². The van der Waals surface area contributed by atoms with Gasteiger partial charge in [-0.15, -0.1) is 0 Å². The molecule has 0 aliphatic heterocycles. The highest BCUT2D eigenvalue weighted by Crippen LogP contribution is 2.18. The summed E-state index contributed by atoms with van der Waals surface area (Å²) in [6.45, 7) is 5.74. The zero-order valence-corrected chi connectivity index (χ0v) is 12.3. The first-order valence-corrected chi connectivity index (χ1v) is 6.73. The van der Waals surface area contributed by atoms with E-state index >= 15 is 0 Å². The minimum absolute atomic E-state index is 0.126. The van der Waals surface area contributed by atoms with Gasteiger partial charge in [0, 0.05) is 5.92 Å². The fourth-order valence-electron chi connectivity index (χ4n) is 1.69. The van der Waals surface area contributed by atoms with Gasteiger partial charge in [-0.2, -0.15) is 0 Å². The molecule has 0 radical (unpaired) electrons. The largest absolute Gasteiger partial charge is 0.467 e. The molecule has 0 bridgehead atoms. The summed E-state index contributed by atoms with van der Waals surface area (Å²) in [4.78, 5) is 20.5. The van der Waals surface area contributed by atoms with Crippen LogP contribution in [0.3, 0.4) is 0 Å². The van der Waals surface area contributed by atoms with Gasteiger partial charge in [0.25, 0.3) is 5.91 Å². The molecule has 0 fully saturated rings. The Balaban J connectivity index is 2.18. The summed E-state index contributed by atoms with van der Waals surface area (Å²) in [7, 11) is 0. The van der Waals surface area contributed by atoms with E-state index in [4.69, 9.17) is 16.0 Å². The van der Waals surface area contributed by atoms with Crippen molar-refractivity contribution in [3.63, 3.8) is 0 Å². The lowest BCUT2D eigenvalue weighted by Gasteiger charge is -2.12. The van der Waals surface area contributed by atoms with Crippen LogP contribution in [0.2, 0.25) is 5.02 Å². The molecule has 106 valence electrons. The molecule has 1 unspecified atom stereocenters. The third-order valence-corrected chi connectivity index (χ3v) is 3.09. The summed E-state index contributed by atoms with van der Waals surface area (Å²) in [5.74, 6) is 1.04. The summed E-state index contributed by atoms with van der Waals surface area (Å²) in [6.07, 6.45) is 3.02. The van der Waals surface area contributed by atoms with E-state index < -0.39 is 0 Å². The summed E-state index contributed by atoms with van der Waals surface area (Å²) in [5, 5.41) is 3.03. The average Bonchev–Trinajstić information content (AvgIpc) is 2.92. The molecule has 0 spiro atoms. The molecule has 5 nitrogen and oxygen atoms in total. The molecule has 20 heavy (non-hydrogen) atoms. The smallest absolute Gasteiger partial charge is 0.272 e. The summed E-state index contributed by atoms with van der Waals surface area (Å²) >= 11 is 5.99. The zero-order chi connectivity index (χ0) is 14.7. The molecule has 2 aromatic heterocycles. The normalized spacial score (nSPS) is 12.4. The van der Waals surface area contributed by atoms with Gasteiger partial charge in [0.2, 0.25) is 0 Å². The van der Waals surface area contributed by atoms with Crippen molar-refractivity contribution in [2.24, 2.45) is 0 Å². The molecule has 2 aromatic rings. The summed E-state index contributed by atoms with van der Waals surface area (Å²) in [5.41, 5.74) is 0.184. The maximum Gasteiger partial charge on any atom is 0.272 e. The lowest BCUT2D eigenvalue weighted by Crippen LogP contribution is -2.28. The fraction of sp³-hybridized carbons (Fsp3) is 0.357. The maximum atomic E-state index is 12.2. The average molecular weight is 294 g/mol. The van der Waals surface area contributed by atoms with E-state index in [9.17, 15) is 4.79 Å². The van der Waals surface area contributed by atoms with Crippen LogP contribution in [0.25, 0.3) is 0 Å². The predicted octanol–water partition coefficient (Wildman–Crippen LogP) is 3.34. The molecule has 1 amide bonds. The van der Waals surface area contributed by atoms with Crippen LogP contribution in [0, 0.1) is 0 Å². The first kappa shape index (κ1) is 14.5. The van der Waals surface area contributed by atoms with Gasteiger partial charge < -0.3 is 9.73 Å². The SMILES string of the molecule is CC(C)c1ncc(Cl)c(C(=O)NC(C)c2ccco2)n1. The summed E-state index contributed by atoms with van der Waals surface area (Å²) < 4.78 is 5.24. The van der Waals surface area contributed by atoms with Crippen LogP contribution >= 0.6 is 11.6 Å². The van der Waals surface area contributed by atoms with E-state index in [1.807, 2.05) is 20.8 Å². The zero-order valence-electron chi connectivity index (χ0n) is 11.6. The number of hydrogen-bond donors (Lipinski definition) is 1. The topological polar surface area (TPSA) is 68.0 Å². The molecule has 2 rings (SSSR count). The van der Waals surface area contributed by atoms with Crippen molar-refractivity contribution < 1.29 is 9.21 Å². The number of carbonyl (C=O) groups is 1. The van der Waals surface area contributed by atoms with E-state index in [1.54, 1.807) is 18.4 Å². The Bertz CT molecular complexity index is 596. The number of furan rings is 1. The number of rotatable bonds is 4. The van der Waals surface area contributed by atoms with Crippen molar-refractivity contribution in [1.82, 2.24) is 15.3 Å². The monoisotopic (exact) mass is 293 g/mol. The van der Waals surface area contributed by atoms with Crippen LogP contribution in [-0.2, 0) is 0 Å². The second-order valence-corrected chi connectivity index (χ2v) is 5.20. The third-order valence-electron chi connectivity index (χ3n) is 2.81. The van der Waals surface area contributed by atoms with Crippen molar-refractivity contribution in [2.75, 3.05) is 0 Å². The van der Waals surface area contributed by atoms with Crippen molar-refractivity contribution >= 4 is 17.5 Å². The number of halogens is 1. The molecular formula is C14H16ClN3O2. The number of nitrogens with one attached hydrogen (secondary N) is 1. The lowest BCUT2D eigenvalue weighted by molar-refractivity contribution is 0.0930. The first-order chi connectivity index (χ1) is 9.49. The van der Waals surface area contributed by atoms with Crippen LogP contribution in [-0.4, -0.2) is 15.9 Å². The highest BCUT2D eigenvalue weighted by Gasteiger charge is 2.18. The van der Waals surface area contributed by atoms with Crippen molar-refractivity contribution in [2.45, 2.75) is 32.7 Å². The van der Waals surface area contributed by atoms with Gasteiger partial charge in [0.05, 0.1) is 23.5 Å². The lowest BCUT2D eigenvalue weighted by atomic mass is 10.2. The van der Waals surface area contributed by atoms with Gasteiger partial charge in [-0.25, -0.2) is 9.97 Å². The first-order valence-electron chi connectivity index (χ1n) is 6.35. The van der Waals surface area contributed by atoms with E-state index in [0.29, 0.717) is 11.6 Å². The van der Waals surface area contributed by atoms with Crippen molar-refractivity contribution in [3.05, 3.63) is 46.9 Å². The van der Waals surface area contributed by atoms with Gasteiger partial charge in [-0.05, 0) is 19.1 Å². The number of hydrogen-bond acceptors (Lipinski definition) is 4. The Morgan fingerprint density at radius 1 is 1.40 bits per heavy atom. The molecule has 0 aromatic carbocycles. The van der Waals surface area contributed by atoms with E-state index in [2.05, 4.69) is 15.3 Å². The van der Waals surface area contributed by atoms with Crippen molar-refractivity contribution in [1.29, 1.82) is 0 Å². The molecule has 0 saturated heterocycles. The molecule has 2 heterocycles. The third kappa shape index (κ3) is 3.17. The Labute approximate surface area is 122 Å². The quantitative estimate of drug-likeness (QED) is 0.939. The van der Waals surface area contributed by atoms with Crippen molar-refractivity contribution in [3.8, 4) is 0 Å². The molecular weight excluding hydrogens is 278 g/mol. The minimum Gasteiger partial charge on any atom is -0.467 e. The molecule has 0 aliphatic rings.